The van der Waals surface area contributed by atoms with E-state index in [2.05, 4.69) is 5.32 Å². The number of hydrogen-bond acceptors (Lipinski definition) is 4. The van der Waals surface area contributed by atoms with Crippen LogP contribution in [-0.4, -0.2) is 24.4 Å². The fourth-order valence-electron chi connectivity index (χ4n) is 3.20. The van der Waals surface area contributed by atoms with E-state index in [-0.39, 0.29) is 5.91 Å². The van der Waals surface area contributed by atoms with Gasteiger partial charge in [0.2, 0.25) is 0 Å². The quantitative estimate of drug-likeness (QED) is 0.654. The van der Waals surface area contributed by atoms with Crippen LogP contribution in [0.25, 0.3) is 11.3 Å². The number of rotatable bonds is 3. The Morgan fingerprint density at radius 1 is 1.28 bits per heavy atom. The third-order valence-corrected chi connectivity index (χ3v) is 4.66. The maximum atomic E-state index is 12.4. The number of halogens is 1. The Labute approximate surface area is 149 Å². The average Bonchev–Trinajstić information content (AvgIpc) is 3.14. The summed E-state index contributed by atoms with van der Waals surface area (Å²) < 4.78 is 10.7. The first-order valence-corrected chi connectivity index (χ1v) is 8.26. The number of amides is 1. The number of nitrogens with one attached hydrogen (secondary N) is 1. The minimum atomic E-state index is -0.840. The standard InChI is InChI=1S/C19H16ClNO4/c1-24-16(22)7-10-2-4-13-11(6-10)9-25-18(13)17-14-8-12(20)3-5-15(14)21-19(17)23/h2-6,8,16,22H,7,9H2,1H3,(H,21,23)/b18-17+. The number of benzene rings is 2. The molecule has 2 aromatic carbocycles. The summed E-state index contributed by atoms with van der Waals surface area (Å²) >= 11 is 6.09. The van der Waals surface area contributed by atoms with Crippen LogP contribution in [0, 0.1) is 0 Å². The molecule has 6 heteroatoms. The molecule has 1 amide bonds. The Balaban J connectivity index is 1.77. The van der Waals surface area contributed by atoms with Crippen LogP contribution in [0.15, 0.2) is 36.4 Å². The molecular formula is C19H16ClNO4. The van der Waals surface area contributed by atoms with E-state index in [1.165, 1.54) is 7.11 Å². The highest BCUT2D eigenvalue weighted by atomic mass is 35.5. The molecule has 5 nitrogen and oxygen atoms in total. The zero-order valence-corrected chi connectivity index (χ0v) is 14.3. The van der Waals surface area contributed by atoms with Crippen molar-refractivity contribution >= 4 is 34.5 Å². The van der Waals surface area contributed by atoms with E-state index < -0.39 is 6.29 Å². The van der Waals surface area contributed by atoms with Gasteiger partial charge in [0.05, 0.1) is 5.57 Å². The molecule has 25 heavy (non-hydrogen) atoms. The van der Waals surface area contributed by atoms with E-state index in [0.29, 0.717) is 29.4 Å². The molecule has 2 heterocycles. The Bertz CT molecular complexity index is 906. The zero-order chi connectivity index (χ0) is 17.6. The summed E-state index contributed by atoms with van der Waals surface area (Å²) in [4.78, 5) is 12.4. The second-order valence-electron chi connectivity index (χ2n) is 6.02. The molecule has 0 aliphatic carbocycles. The average molecular weight is 358 g/mol. The predicted molar refractivity (Wildman–Crippen MR) is 94.8 cm³/mol. The van der Waals surface area contributed by atoms with Crippen molar-refractivity contribution < 1.29 is 19.4 Å². The first-order valence-electron chi connectivity index (χ1n) is 7.88. The van der Waals surface area contributed by atoms with Crippen molar-refractivity contribution in [3.05, 3.63) is 63.7 Å². The minimum absolute atomic E-state index is 0.195. The lowest BCUT2D eigenvalue weighted by Crippen LogP contribution is -2.12. The van der Waals surface area contributed by atoms with Crippen molar-refractivity contribution in [3.63, 3.8) is 0 Å². The first kappa shape index (κ1) is 16.1. The van der Waals surface area contributed by atoms with E-state index in [1.54, 1.807) is 18.2 Å². The van der Waals surface area contributed by atoms with Crippen molar-refractivity contribution in [2.24, 2.45) is 0 Å². The highest BCUT2D eigenvalue weighted by Crippen LogP contribution is 2.42. The van der Waals surface area contributed by atoms with Crippen molar-refractivity contribution in [1.29, 1.82) is 0 Å². The number of ether oxygens (including phenoxy) is 2. The van der Waals surface area contributed by atoms with E-state index in [4.69, 9.17) is 21.1 Å². The highest BCUT2D eigenvalue weighted by molar-refractivity contribution is 6.37. The molecule has 0 aromatic heterocycles. The molecule has 1 atom stereocenters. The lowest BCUT2D eigenvalue weighted by Gasteiger charge is -2.09. The summed E-state index contributed by atoms with van der Waals surface area (Å²) in [5, 5.41) is 13.0. The van der Waals surface area contributed by atoms with Crippen LogP contribution in [0.2, 0.25) is 5.02 Å². The van der Waals surface area contributed by atoms with Gasteiger partial charge in [0.1, 0.15) is 12.4 Å². The third-order valence-electron chi connectivity index (χ3n) is 4.42. The SMILES string of the molecule is COC(O)Cc1ccc2c(c1)CO/C2=C1/C(=O)Nc2ccc(Cl)cc21. The second kappa shape index (κ2) is 6.19. The monoisotopic (exact) mass is 357 g/mol. The molecule has 0 spiro atoms. The summed E-state index contributed by atoms with van der Waals surface area (Å²) in [6, 6.07) is 11.1. The number of aliphatic hydroxyl groups excluding tert-OH is 1. The molecule has 0 fully saturated rings. The number of aliphatic hydroxyl groups is 1. The molecular weight excluding hydrogens is 342 g/mol. The molecule has 1 unspecified atom stereocenters. The van der Waals surface area contributed by atoms with Gasteiger partial charge in [-0.05, 0) is 23.8 Å². The van der Waals surface area contributed by atoms with Gasteiger partial charge in [-0.1, -0.05) is 29.8 Å². The van der Waals surface area contributed by atoms with Crippen LogP contribution >= 0.6 is 11.6 Å². The van der Waals surface area contributed by atoms with Crippen molar-refractivity contribution in [2.75, 3.05) is 12.4 Å². The van der Waals surface area contributed by atoms with Gasteiger partial charge in [0, 0.05) is 40.9 Å². The number of carbonyl (C=O) groups is 1. The molecule has 2 aromatic rings. The van der Waals surface area contributed by atoms with Crippen LogP contribution in [0.4, 0.5) is 5.69 Å². The normalized spacial score (nSPS) is 19.2. The summed E-state index contributed by atoms with van der Waals surface area (Å²) in [5.41, 5.74) is 4.79. The Morgan fingerprint density at radius 3 is 2.92 bits per heavy atom. The van der Waals surface area contributed by atoms with Gasteiger partial charge in [-0.25, -0.2) is 0 Å². The van der Waals surface area contributed by atoms with Crippen molar-refractivity contribution in [3.8, 4) is 0 Å². The van der Waals surface area contributed by atoms with E-state index >= 15 is 0 Å². The third kappa shape index (κ3) is 2.80. The van der Waals surface area contributed by atoms with Crippen LogP contribution in [0.1, 0.15) is 22.3 Å². The van der Waals surface area contributed by atoms with Crippen molar-refractivity contribution in [1.82, 2.24) is 0 Å². The molecule has 2 aliphatic rings. The molecule has 0 saturated carbocycles. The lowest BCUT2D eigenvalue weighted by atomic mass is 9.98. The maximum Gasteiger partial charge on any atom is 0.260 e. The molecule has 2 N–H and O–H groups in total. The van der Waals surface area contributed by atoms with Crippen LogP contribution in [0.3, 0.4) is 0 Å². The largest absolute Gasteiger partial charge is 0.487 e. The fraction of sp³-hybridized carbons (Fsp3) is 0.211. The molecule has 4 rings (SSSR count). The number of methoxy groups -OCH3 is 1. The summed E-state index contributed by atoms with van der Waals surface area (Å²) in [6.45, 7) is 0.383. The van der Waals surface area contributed by atoms with Crippen LogP contribution in [-0.2, 0) is 27.3 Å². The second-order valence-corrected chi connectivity index (χ2v) is 6.46. The number of carbonyl (C=O) groups excluding carboxylic acids is 1. The zero-order valence-electron chi connectivity index (χ0n) is 13.5. The van der Waals surface area contributed by atoms with Crippen LogP contribution < -0.4 is 5.32 Å². The Hall–Kier alpha value is -2.34. The summed E-state index contributed by atoms with van der Waals surface area (Å²) in [7, 11) is 1.46. The lowest BCUT2D eigenvalue weighted by molar-refractivity contribution is -0.110. The van der Waals surface area contributed by atoms with Gasteiger partial charge in [-0.2, -0.15) is 0 Å². The number of anilines is 1. The Kier molecular flexibility index (Phi) is 4.00. The number of fused-ring (bicyclic) bond motifs is 2. The van der Waals surface area contributed by atoms with E-state index in [0.717, 1.165) is 27.9 Å². The van der Waals surface area contributed by atoms with Gasteiger partial charge in [0.25, 0.3) is 5.91 Å². The van der Waals surface area contributed by atoms with Crippen molar-refractivity contribution in [2.45, 2.75) is 19.3 Å². The number of hydrogen-bond donors (Lipinski definition) is 2. The van der Waals surface area contributed by atoms with Gasteiger partial charge < -0.3 is 19.9 Å². The van der Waals surface area contributed by atoms with Gasteiger partial charge in [0.15, 0.2) is 6.29 Å². The molecule has 0 radical (unpaired) electrons. The molecule has 0 bridgehead atoms. The summed E-state index contributed by atoms with van der Waals surface area (Å²) in [5.74, 6) is 0.367. The summed E-state index contributed by atoms with van der Waals surface area (Å²) in [6.07, 6.45) is -0.443. The first-order chi connectivity index (χ1) is 12.1. The highest BCUT2D eigenvalue weighted by Gasteiger charge is 2.32. The topological polar surface area (TPSA) is 67.8 Å². The minimum Gasteiger partial charge on any atom is -0.487 e. The van der Waals surface area contributed by atoms with E-state index in [9.17, 15) is 9.90 Å². The maximum absolute atomic E-state index is 12.4. The molecule has 128 valence electrons. The molecule has 0 saturated heterocycles. The van der Waals surface area contributed by atoms with Gasteiger partial charge in [-0.15, -0.1) is 0 Å². The van der Waals surface area contributed by atoms with E-state index in [1.807, 2.05) is 18.2 Å². The smallest absolute Gasteiger partial charge is 0.260 e. The van der Waals surface area contributed by atoms with Gasteiger partial charge >= 0.3 is 0 Å². The van der Waals surface area contributed by atoms with Crippen LogP contribution in [0.5, 0.6) is 0 Å². The Morgan fingerprint density at radius 2 is 2.12 bits per heavy atom. The molecule has 2 aliphatic heterocycles. The predicted octanol–water partition coefficient (Wildman–Crippen LogP) is 3.20. The fourth-order valence-corrected chi connectivity index (χ4v) is 3.37. The van der Waals surface area contributed by atoms with Gasteiger partial charge in [-0.3, -0.25) is 4.79 Å².